The van der Waals surface area contributed by atoms with Crippen molar-refractivity contribution in [2.24, 2.45) is 5.73 Å². The van der Waals surface area contributed by atoms with Crippen molar-refractivity contribution in [2.75, 3.05) is 0 Å². The van der Waals surface area contributed by atoms with Crippen LogP contribution in [0.5, 0.6) is 0 Å². The first kappa shape index (κ1) is 10.6. The molecule has 0 aliphatic heterocycles. The highest BCUT2D eigenvalue weighted by Gasteiger charge is 2.31. The average molecular weight is 215 g/mol. The molecule has 1 aliphatic carbocycles. The number of nitrogens with two attached hydrogens (primary N) is 1. The minimum atomic E-state index is -1.53. The van der Waals surface area contributed by atoms with Gasteiger partial charge in [0.25, 0.3) is 5.91 Å². The van der Waals surface area contributed by atoms with Gasteiger partial charge in [0.05, 0.1) is 0 Å². The van der Waals surface area contributed by atoms with Crippen molar-refractivity contribution >= 4 is 11.5 Å². The fourth-order valence-electron chi connectivity index (χ4n) is 1.66. The van der Waals surface area contributed by atoms with Gasteiger partial charge in [0, 0.05) is 6.42 Å². The van der Waals surface area contributed by atoms with Gasteiger partial charge in [-0.1, -0.05) is 42.5 Å². The number of carbonyl (C=O) groups excluding carboxylic acids is 1. The van der Waals surface area contributed by atoms with Gasteiger partial charge in [-0.15, -0.1) is 0 Å². The number of carbonyl (C=O) groups is 1. The Balaban J connectivity index is 2.23. The highest BCUT2D eigenvalue weighted by molar-refractivity contribution is 5.88. The molecule has 0 spiro atoms. The van der Waals surface area contributed by atoms with Crippen molar-refractivity contribution in [1.82, 2.24) is 0 Å². The molecule has 0 saturated carbocycles. The Morgan fingerprint density at radius 3 is 2.50 bits per heavy atom. The zero-order chi connectivity index (χ0) is 11.6. The van der Waals surface area contributed by atoms with Crippen molar-refractivity contribution in [1.29, 1.82) is 0 Å². The molecule has 1 amide bonds. The molecule has 0 bridgehead atoms. The number of primary amides is 1. The highest BCUT2D eigenvalue weighted by Crippen LogP contribution is 2.26. The van der Waals surface area contributed by atoms with E-state index >= 15 is 0 Å². The molecule has 0 aromatic heterocycles. The van der Waals surface area contributed by atoms with Crippen molar-refractivity contribution in [3.05, 3.63) is 54.1 Å². The summed E-state index contributed by atoms with van der Waals surface area (Å²) in [5.41, 5.74) is 5.64. The molecule has 0 heterocycles. The standard InChI is InChI=1S/C13H13NO2/c14-12(15)13(16)8-6-11(7-9-13)10-4-2-1-3-5-10/h1-8,16H,9H2,(H2,14,15). The van der Waals surface area contributed by atoms with Gasteiger partial charge in [-0.3, -0.25) is 4.79 Å². The van der Waals surface area contributed by atoms with E-state index in [1.807, 2.05) is 36.4 Å². The number of hydrogen-bond acceptors (Lipinski definition) is 2. The van der Waals surface area contributed by atoms with E-state index in [1.165, 1.54) is 6.08 Å². The fourth-order valence-corrected chi connectivity index (χ4v) is 1.66. The lowest BCUT2D eigenvalue weighted by atomic mass is 9.89. The fraction of sp³-hybridized carbons (Fsp3) is 0.154. The van der Waals surface area contributed by atoms with Gasteiger partial charge in [0.1, 0.15) is 0 Å². The summed E-state index contributed by atoms with van der Waals surface area (Å²) in [6.45, 7) is 0. The number of hydrogen-bond donors (Lipinski definition) is 2. The van der Waals surface area contributed by atoms with Crippen LogP contribution in [0.3, 0.4) is 0 Å². The molecule has 3 nitrogen and oxygen atoms in total. The average Bonchev–Trinajstić information content (AvgIpc) is 2.31. The maximum absolute atomic E-state index is 11.0. The van der Waals surface area contributed by atoms with E-state index in [0.29, 0.717) is 0 Å². The minimum absolute atomic E-state index is 0.225. The van der Waals surface area contributed by atoms with Crippen molar-refractivity contribution in [2.45, 2.75) is 12.0 Å². The van der Waals surface area contributed by atoms with Crippen molar-refractivity contribution < 1.29 is 9.90 Å². The van der Waals surface area contributed by atoms with E-state index in [-0.39, 0.29) is 6.42 Å². The Morgan fingerprint density at radius 2 is 2.00 bits per heavy atom. The second kappa shape index (κ2) is 3.94. The van der Waals surface area contributed by atoms with Crippen LogP contribution in [-0.2, 0) is 4.79 Å². The number of benzene rings is 1. The lowest BCUT2D eigenvalue weighted by molar-refractivity contribution is -0.131. The van der Waals surface area contributed by atoms with E-state index in [4.69, 9.17) is 5.73 Å². The summed E-state index contributed by atoms with van der Waals surface area (Å²) < 4.78 is 0. The van der Waals surface area contributed by atoms with Crippen LogP contribution < -0.4 is 5.73 Å². The van der Waals surface area contributed by atoms with Crippen LogP contribution in [0, 0.1) is 0 Å². The summed E-state index contributed by atoms with van der Waals surface area (Å²) in [5, 5.41) is 9.81. The summed E-state index contributed by atoms with van der Waals surface area (Å²) in [6, 6.07) is 9.78. The molecule has 82 valence electrons. The molecule has 0 saturated heterocycles. The smallest absolute Gasteiger partial charge is 0.253 e. The SMILES string of the molecule is NC(=O)C1(O)C=CC(c2ccccc2)=CC1. The number of rotatable bonds is 2. The molecule has 1 aliphatic rings. The maximum Gasteiger partial charge on any atom is 0.253 e. The third-order valence-electron chi connectivity index (χ3n) is 2.71. The molecular weight excluding hydrogens is 202 g/mol. The molecule has 3 N–H and O–H groups in total. The molecule has 0 radical (unpaired) electrons. The monoisotopic (exact) mass is 215 g/mol. The van der Waals surface area contributed by atoms with Crippen LogP contribution in [0.2, 0.25) is 0 Å². The molecule has 0 fully saturated rings. The summed E-state index contributed by atoms with van der Waals surface area (Å²) in [4.78, 5) is 11.0. The first-order chi connectivity index (χ1) is 7.62. The second-order valence-corrected chi connectivity index (χ2v) is 3.85. The van der Waals surface area contributed by atoms with Gasteiger partial charge in [0.2, 0.25) is 0 Å². The summed E-state index contributed by atoms with van der Waals surface area (Å²) >= 11 is 0. The van der Waals surface area contributed by atoms with Crippen LogP contribution in [0.4, 0.5) is 0 Å². The van der Waals surface area contributed by atoms with E-state index in [2.05, 4.69) is 0 Å². The van der Waals surface area contributed by atoms with E-state index in [1.54, 1.807) is 6.08 Å². The molecule has 1 aromatic carbocycles. The Kier molecular flexibility index (Phi) is 2.62. The topological polar surface area (TPSA) is 63.3 Å². The lowest BCUT2D eigenvalue weighted by Gasteiger charge is -2.22. The highest BCUT2D eigenvalue weighted by atomic mass is 16.3. The Hall–Kier alpha value is -1.87. The van der Waals surface area contributed by atoms with Crippen LogP contribution in [0.1, 0.15) is 12.0 Å². The van der Waals surface area contributed by atoms with E-state index < -0.39 is 11.5 Å². The van der Waals surface area contributed by atoms with Gasteiger partial charge in [-0.25, -0.2) is 0 Å². The Labute approximate surface area is 93.9 Å². The largest absolute Gasteiger partial charge is 0.376 e. The Bertz CT molecular complexity index is 462. The summed E-state index contributed by atoms with van der Waals surface area (Å²) in [7, 11) is 0. The number of allylic oxidation sites excluding steroid dienone is 2. The lowest BCUT2D eigenvalue weighted by Crippen LogP contribution is -2.42. The molecule has 16 heavy (non-hydrogen) atoms. The third kappa shape index (κ3) is 1.90. The number of amides is 1. The van der Waals surface area contributed by atoms with Crippen LogP contribution >= 0.6 is 0 Å². The quantitative estimate of drug-likeness (QED) is 0.779. The first-order valence-electron chi connectivity index (χ1n) is 5.09. The van der Waals surface area contributed by atoms with Crippen molar-refractivity contribution in [3.63, 3.8) is 0 Å². The van der Waals surface area contributed by atoms with Crippen LogP contribution in [-0.4, -0.2) is 16.6 Å². The van der Waals surface area contributed by atoms with Gasteiger partial charge >= 0.3 is 0 Å². The zero-order valence-electron chi connectivity index (χ0n) is 8.76. The molecule has 1 unspecified atom stereocenters. The van der Waals surface area contributed by atoms with Gasteiger partial charge in [-0.2, -0.15) is 0 Å². The Morgan fingerprint density at radius 1 is 1.31 bits per heavy atom. The normalized spacial score (nSPS) is 23.9. The predicted octanol–water partition coefficient (Wildman–Crippen LogP) is 1.25. The first-order valence-corrected chi connectivity index (χ1v) is 5.09. The third-order valence-corrected chi connectivity index (χ3v) is 2.71. The maximum atomic E-state index is 11.0. The van der Waals surface area contributed by atoms with E-state index in [0.717, 1.165) is 11.1 Å². The molecule has 3 heteroatoms. The summed E-state index contributed by atoms with van der Waals surface area (Å²) in [5.74, 6) is -0.716. The molecule has 2 rings (SSSR count). The van der Waals surface area contributed by atoms with Crippen LogP contribution in [0.15, 0.2) is 48.6 Å². The zero-order valence-corrected chi connectivity index (χ0v) is 8.76. The number of aliphatic hydroxyl groups is 1. The van der Waals surface area contributed by atoms with Gasteiger partial charge < -0.3 is 10.8 Å². The molecular formula is C13H13NO2. The van der Waals surface area contributed by atoms with Gasteiger partial charge in [0.15, 0.2) is 5.60 Å². The molecule has 1 atom stereocenters. The van der Waals surface area contributed by atoms with Crippen molar-refractivity contribution in [3.8, 4) is 0 Å². The molecule has 1 aromatic rings. The summed E-state index contributed by atoms with van der Waals surface area (Å²) in [6.07, 6.45) is 5.23. The minimum Gasteiger partial charge on any atom is -0.376 e. The van der Waals surface area contributed by atoms with E-state index in [9.17, 15) is 9.90 Å². The van der Waals surface area contributed by atoms with Gasteiger partial charge in [-0.05, 0) is 17.2 Å². The predicted molar refractivity (Wildman–Crippen MR) is 62.3 cm³/mol. The van der Waals surface area contributed by atoms with Crippen LogP contribution in [0.25, 0.3) is 5.57 Å². The second-order valence-electron chi connectivity index (χ2n) is 3.85.